The molecule has 0 aliphatic carbocycles. The van der Waals surface area contributed by atoms with Crippen LogP contribution in [0, 0.1) is 0 Å². The third kappa shape index (κ3) is 3.50. The predicted octanol–water partition coefficient (Wildman–Crippen LogP) is 3.03. The minimum absolute atomic E-state index is 0.214. The van der Waals surface area contributed by atoms with Crippen molar-refractivity contribution < 1.29 is 9.31 Å². The van der Waals surface area contributed by atoms with Gasteiger partial charge in [-0.3, -0.25) is 4.57 Å². The highest BCUT2D eigenvalue weighted by Gasteiger charge is 2.52. The van der Waals surface area contributed by atoms with Gasteiger partial charge in [-0.25, -0.2) is 0 Å². The number of nitrogens with two attached hydrogens (primary N) is 1. The lowest BCUT2D eigenvalue weighted by Crippen LogP contribution is -2.41. The molecule has 2 heterocycles. The maximum Gasteiger partial charge on any atom is 0.495 e. The van der Waals surface area contributed by atoms with Crippen LogP contribution in [0.3, 0.4) is 0 Å². The number of nitrogen functional groups attached to an aromatic ring is 1. The van der Waals surface area contributed by atoms with E-state index in [9.17, 15) is 0 Å². The molecule has 0 unspecified atom stereocenters. The van der Waals surface area contributed by atoms with E-state index < -0.39 is 0 Å². The van der Waals surface area contributed by atoms with Crippen LogP contribution in [0.4, 0.5) is 5.95 Å². The van der Waals surface area contributed by atoms with Gasteiger partial charge in [-0.15, -0.1) is 10.2 Å². The number of thioether (sulfide) groups is 1. The second-order valence-electron chi connectivity index (χ2n) is 7.88. The molecule has 0 spiro atoms. The van der Waals surface area contributed by atoms with E-state index in [4.69, 9.17) is 15.0 Å². The first-order valence-electron chi connectivity index (χ1n) is 8.89. The van der Waals surface area contributed by atoms with Gasteiger partial charge in [0.25, 0.3) is 0 Å². The predicted molar refractivity (Wildman–Crippen MR) is 107 cm³/mol. The topological polar surface area (TPSA) is 75.2 Å². The van der Waals surface area contributed by atoms with E-state index in [0.717, 1.165) is 21.9 Å². The number of nitrogens with zero attached hydrogens (tertiary/aromatic N) is 3. The maximum atomic E-state index is 6.22. The summed E-state index contributed by atoms with van der Waals surface area (Å²) in [4.78, 5) is 0. The van der Waals surface area contributed by atoms with Gasteiger partial charge in [-0.1, -0.05) is 36.0 Å². The molecular formula is C18H27BN4O2S. The highest BCUT2D eigenvalue weighted by Crippen LogP contribution is 2.37. The Bertz CT molecular complexity index is 775. The summed E-state index contributed by atoms with van der Waals surface area (Å²) in [6, 6.07) is 8.44. The summed E-state index contributed by atoms with van der Waals surface area (Å²) in [5.74, 6) is 1.19. The molecule has 0 saturated carbocycles. The zero-order valence-corrected chi connectivity index (χ0v) is 17.1. The number of hydrogen-bond donors (Lipinski definition) is 1. The number of aromatic nitrogens is 3. The molecule has 0 bridgehead atoms. The minimum atomic E-state index is -0.371. The normalized spacial score (nSPS) is 18.7. The van der Waals surface area contributed by atoms with Gasteiger partial charge in [-0.2, -0.15) is 0 Å². The maximum absolute atomic E-state index is 6.22. The number of benzene rings is 1. The average molecular weight is 374 g/mol. The molecule has 0 radical (unpaired) electrons. The first kappa shape index (κ1) is 19.3. The zero-order chi connectivity index (χ0) is 19.1. The Morgan fingerprint density at radius 2 is 1.73 bits per heavy atom. The lowest BCUT2D eigenvalue weighted by atomic mass is 9.76. The molecular weight excluding hydrogens is 347 g/mol. The molecule has 3 rings (SSSR count). The van der Waals surface area contributed by atoms with Crippen LogP contribution in [0.25, 0.3) is 0 Å². The largest absolute Gasteiger partial charge is 0.495 e. The van der Waals surface area contributed by atoms with Gasteiger partial charge in [0.05, 0.1) is 11.2 Å². The third-order valence-corrected chi connectivity index (χ3v) is 6.12. The molecule has 8 heteroatoms. The lowest BCUT2D eigenvalue weighted by molar-refractivity contribution is 0.00578. The molecule has 6 nitrogen and oxygen atoms in total. The lowest BCUT2D eigenvalue weighted by Gasteiger charge is -2.32. The first-order chi connectivity index (χ1) is 12.1. The van der Waals surface area contributed by atoms with E-state index in [1.807, 2.05) is 16.7 Å². The van der Waals surface area contributed by atoms with Crippen LogP contribution < -0.4 is 11.2 Å². The Morgan fingerprint density at radius 1 is 1.12 bits per heavy atom. The zero-order valence-electron chi connectivity index (χ0n) is 16.3. The summed E-state index contributed by atoms with van der Waals surface area (Å²) in [6.07, 6.45) is 0. The molecule has 2 N–H and O–H groups in total. The Morgan fingerprint density at radius 3 is 2.35 bits per heavy atom. The third-order valence-electron chi connectivity index (χ3n) is 5.13. The van der Waals surface area contributed by atoms with Crippen LogP contribution in [0.15, 0.2) is 29.4 Å². The highest BCUT2D eigenvalue weighted by molar-refractivity contribution is 7.98. The quantitative estimate of drug-likeness (QED) is 0.641. The van der Waals surface area contributed by atoms with Gasteiger partial charge < -0.3 is 15.0 Å². The fourth-order valence-electron chi connectivity index (χ4n) is 2.88. The van der Waals surface area contributed by atoms with E-state index in [-0.39, 0.29) is 24.4 Å². The van der Waals surface area contributed by atoms with Crippen molar-refractivity contribution in [2.45, 2.75) is 69.7 Å². The molecule has 1 aliphatic heterocycles. The fourth-order valence-corrected chi connectivity index (χ4v) is 3.97. The van der Waals surface area contributed by atoms with Crippen molar-refractivity contribution in [2.75, 3.05) is 5.73 Å². The van der Waals surface area contributed by atoms with Gasteiger partial charge in [0.2, 0.25) is 5.95 Å². The molecule has 26 heavy (non-hydrogen) atoms. The van der Waals surface area contributed by atoms with E-state index in [2.05, 4.69) is 63.9 Å². The van der Waals surface area contributed by atoms with Crippen molar-refractivity contribution in [3.8, 4) is 0 Å². The fraction of sp³-hybridized carbons (Fsp3) is 0.556. The summed E-state index contributed by atoms with van der Waals surface area (Å²) in [6.45, 7) is 12.4. The molecule has 1 saturated heterocycles. The molecule has 1 fully saturated rings. The highest BCUT2D eigenvalue weighted by atomic mass is 32.2. The standard InChI is InChI=1S/C18H27BN4O2S/c1-12(2)23-15(20)21-22-16(23)26-11-13-9-7-8-10-14(13)19-24-17(3,4)18(5,6)25-19/h7-10,12H,11H2,1-6H3,(H2,20,21). The molecule has 140 valence electrons. The Balaban J connectivity index is 1.81. The van der Waals surface area contributed by atoms with Crippen molar-refractivity contribution in [2.24, 2.45) is 0 Å². The van der Waals surface area contributed by atoms with Crippen LogP contribution in [-0.4, -0.2) is 33.1 Å². The minimum Gasteiger partial charge on any atom is -0.399 e. The number of anilines is 1. The molecule has 2 aromatic rings. The average Bonchev–Trinajstić information content (AvgIpc) is 3.02. The molecule has 1 aliphatic rings. The number of hydrogen-bond acceptors (Lipinski definition) is 6. The van der Waals surface area contributed by atoms with Crippen LogP contribution in [-0.2, 0) is 15.1 Å². The van der Waals surface area contributed by atoms with Gasteiger partial charge >= 0.3 is 7.12 Å². The van der Waals surface area contributed by atoms with Crippen LogP contribution in [0.1, 0.15) is 53.1 Å². The summed E-state index contributed by atoms with van der Waals surface area (Å²) >= 11 is 1.62. The van der Waals surface area contributed by atoms with Crippen molar-refractivity contribution in [3.05, 3.63) is 29.8 Å². The van der Waals surface area contributed by atoms with Gasteiger partial charge in [0, 0.05) is 11.8 Å². The van der Waals surface area contributed by atoms with E-state index in [0.29, 0.717) is 5.95 Å². The smallest absolute Gasteiger partial charge is 0.399 e. The van der Waals surface area contributed by atoms with E-state index in [1.165, 1.54) is 0 Å². The first-order valence-corrected chi connectivity index (χ1v) is 9.87. The van der Waals surface area contributed by atoms with Crippen LogP contribution >= 0.6 is 11.8 Å². The summed E-state index contributed by atoms with van der Waals surface area (Å²) in [5.41, 5.74) is 7.44. The second kappa shape index (κ2) is 6.90. The summed E-state index contributed by atoms with van der Waals surface area (Å²) < 4.78 is 14.4. The van der Waals surface area contributed by atoms with Crippen molar-refractivity contribution in [1.29, 1.82) is 0 Å². The van der Waals surface area contributed by atoms with Crippen LogP contribution in [0.2, 0.25) is 0 Å². The van der Waals surface area contributed by atoms with E-state index >= 15 is 0 Å². The SMILES string of the molecule is CC(C)n1c(N)nnc1SCc1ccccc1B1OC(C)(C)C(C)(C)O1. The van der Waals surface area contributed by atoms with Crippen molar-refractivity contribution in [3.63, 3.8) is 0 Å². The Labute approximate surface area is 160 Å². The van der Waals surface area contributed by atoms with Crippen molar-refractivity contribution >= 4 is 30.3 Å². The van der Waals surface area contributed by atoms with Gasteiger partial charge in [-0.05, 0) is 52.6 Å². The van der Waals surface area contributed by atoms with Gasteiger partial charge in [0.15, 0.2) is 5.16 Å². The Kier molecular flexibility index (Phi) is 5.12. The number of rotatable bonds is 5. The van der Waals surface area contributed by atoms with Gasteiger partial charge in [0.1, 0.15) is 0 Å². The second-order valence-corrected chi connectivity index (χ2v) is 8.82. The Hall–Kier alpha value is -1.51. The van der Waals surface area contributed by atoms with Crippen LogP contribution in [0.5, 0.6) is 0 Å². The summed E-state index contributed by atoms with van der Waals surface area (Å²) in [5, 5.41) is 9.04. The summed E-state index contributed by atoms with van der Waals surface area (Å²) in [7, 11) is -0.371. The van der Waals surface area contributed by atoms with E-state index in [1.54, 1.807) is 11.8 Å². The molecule has 1 aromatic carbocycles. The van der Waals surface area contributed by atoms with Crippen molar-refractivity contribution in [1.82, 2.24) is 14.8 Å². The molecule has 0 atom stereocenters. The molecule has 0 amide bonds. The monoisotopic (exact) mass is 374 g/mol. The molecule has 1 aromatic heterocycles.